The zero-order chi connectivity index (χ0) is 14.3. The van der Waals surface area contributed by atoms with Crippen LogP contribution in [0.5, 0.6) is 5.75 Å². The number of amides is 1. The summed E-state index contributed by atoms with van der Waals surface area (Å²) < 4.78 is 5.34. The van der Waals surface area contributed by atoms with Gasteiger partial charge in [0.15, 0.2) is 0 Å². The first-order valence-corrected chi connectivity index (χ1v) is 6.62. The number of nitrogens with zero attached hydrogens (tertiary/aromatic N) is 1. The first kappa shape index (κ1) is 15.5. The van der Waals surface area contributed by atoms with E-state index in [0.29, 0.717) is 13.0 Å². The molecule has 0 radical (unpaired) electrons. The predicted molar refractivity (Wildman–Crippen MR) is 77.5 cm³/mol. The molecule has 0 fully saturated rings. The summed E-state index contributed by atoms with van der Waals surface area (Å²) in [7, 11) is 5.38. The molecule has 0 aliphatic carbocycles. The molecule has 1 amide bonds. The second-order valence-corrected chi connectivity index (χ2v) is 4.72. The number of nitrogens with one attached hydrogen (secondary N) is 1. The maximum Gasteiger partial charge on any atom is 0.223 e. The van der Waals surface area contributed by atoms with Crippen LogP contribution >= 0.6 is 0 Å². The van der Waals surface area contributed by atoms with Crippen molar-refractivity contribution in [2.75, 3.05) is 27.7 Å². The first-order chi connectivity index (χ1) is 9.10. The molecular weight excluding hydrogens is 240 g/mol. The van der Waals surface area contributed by atoms with Gasteiger partial charge < -0.3 is 15.0 Å². The van der Waals surface area contributed by atoms with Gasteiger partial charge >= 0.3 is 0 Å². The lowest BCUT2D eigenvalue weighted by Gasteiger charge is -2.25. The molecule has 1 rings (SSSR count). The van der Waals surface area contributed by atoms with E-state index in [0.717, 1.165) is 17.7 Å². The number of benzene rings is 1. The highest BCUT2D eigenvalue weighted by Gasteiger charge is 2.16. The zero-order valence-electron chi connectivity index (χ0n) is 12.3. The van der Waals surface area contributed by atoms with Crippen LogP contribution in [-0.2, 0) is 11.2 Å². The van der Waals surface area contributed by atoms with Crippen LogP contribution in [-0.4, -0.2) is 44.6 Å². The Labute approximate surface area is 115 Å². The number of rotatable bonds is 7. The van der Waals surface area contributed by atoms with Gasteiger partial charge in [0.25, 0.3) is 0 Å². The van der Waals surface area contributed by atoms with Crippen molar-refractivity contribution >= 4 is 5.91 Å². The number of carbonyl (C=O) groups excluding carboxylic acids is 1. The van der Waals surface area contributed by atoms with Gasteiger partial charge in [0.05, 0.1) is 7.11 Å². The maximum absolute atomic E-state index is 11.9. The van der Waals surface area contributed by atoms with Gasteiger partial charge in [-0.2, -0.15) is 0 Å². The molecule has 106 valence electrons. The number of likely N-dealkylation sites (N-methyl/N-ethyl adjacent to an activating group) is 1. The molecule has 4 heteroatoms. The van der Waals surface area contributed by atoms with E-state index in [9.17, 15) is 4.79 Å². The molecule has 4 nitrogen and oxygen atoms in total. The summed E-state index contributed by atoms with van der Waals surface area (Å²) in [4.78, 5) is 13.8. The Balaban J connectivity index is 2.63. The number of ether oxygens (including phenoxy) is 1. The molecule has 0 saturated heterocycles. The van der Waals surface area contributed by atoms with Crippen LogP contribution in [0.15, 0.2) is 24.3 Å². The zero-order valence-corrected chi connectivity index (χ0v) is 12.3. The molecule has 0 aromatic heterocycles. The highest BCUT2D eigenvalue weighted by Crippen LogP contribution is 2.20. The van der Waals surface area contributed by atoms with Gasteiger partial charge in [-0.1, -0.05) is 18.2 Å². The van der Waals surface area contributed by atoms with Gasteiger partial charge in [0.1, 0.15) is 5.75 Å². The number of methoxy groups -OCH3 is 1. The monoisotopic (exact) mass is 264 g/mol. The third kappa shape index (κ3) is 4.56. The molecule has 0 heterocycles. The van der Waals surface area contributed by atoms with Crippen molar-refractivity contribution in [2.24, 2.45) is 0 Å². The fraction of sp³-hybridized carbons (Fsp3) is 0.533. The van der Waals surface area contributed by atoms with E-state index in [1.807, 2.05) is 43.3 Å². The molecule has 1 aromatic rings. The minimum atomic E-state index is 0.153. The average Bonchev–Trinajstić information content (AvgIpc) is 2.44. The summed E-state index contributed by atoms with van der Waals surface area (Å²) in [5.74, 6) is 1.04. The van der Waals surface area contributed by atoms with Crippen molar-refractivity contribution in [3.05, 3.63) is 29.8 Å². The van der Waals surface area contributed by atoms with E-state index in [-0.39, 0.29) is 11.9 Å². The van der Waals surface area contributed by atoms with Crippen molar-refractivity contribution in [3.63, 3.8) is 0 Å². The van der Waals surface area contributed by atoms with Crippen molar-refractivity contribution in [1.82, 2.24) is 10.2 Å². The Hall–Kier alpha value is -1.55. The van der Waals surface area contributed by atoms with E-state index in [2.05, 4.69) is 12.2 Å². The van der Waals surface area contributed by atoms with Crippen LogP contribution < -0.4 is 10.1 Å². The molecule has 1 atom stereocenters. The molecule has 0 saturated carbocycles. The summed E-state index contributed by atoms with van der Waals surface area (Å²) in [5, 5.41) is 2.99. The standard InChI is InChI=1S/C15H24N2O2/c1-12(17(3)15(18)9-10-16-2)11-13-7-5-6-8-14(13)19-4/h5-8,12,16H,9-11H2,1-4H3. The third-order valence-corrected chi connectivity index (χ3v) is 3.35. The molecule has 0 aliphatic heterocycles. The Morgan fingerprint density at radius 3 is 2.74 bits per heavy atom. The van der Waals surface area contributed by atoms with Gasteiger partial charge in [-0.25, -0.2) is 0 Å². The SMILES string of the molecule is CNCCC(=O)N(C)C(C)Cc1ccccc1OC. The lowest BCUT2D eigenvalue weighted by Crippen LogP contribution is -2.37. The minimum Gasteiger partial charge on any atom is -0.496 e. The second kappa shape index (κ2) is 7.79. The summed E-state index contributed by atoms with van der Waals surface area (Å²) in [6, 6.07) is 8.09. The summed E-state index contributed by atoms with van der Waals surface area (Å²) in [6.07, 6.45) is 1.33. The summed E-state index contributed by atoms with van der Waals surface area (Å²) in [6.45, 7) is 2.77. The largest absolute Gasteiger partial charge is 0.496 e. The van der Waals surface area contributed by atoms with E-state index in [4.69, 9.17) is 4.74 Å². The van der Waals surface area contributed by atoms with Crippen molar-refractivity contribution in [3.8, 4) is 5.75 Å². The molecule has 0 aliphatic rings. The molecular formula is C15H24N2O2. The molecule has 0 spiro atoms. The highest BCUT2D eigenvalue weighted by atomic mass is 16.5. The number of hydrogen-bond acceptors (Lipinski definition) is 3. The average molecular weight is 264 g/mol. The maximum atomic E-state index is 11.9. The van der Waals surface area contributed by atoms with Crippen molar-refractivity contribution in [2.45, 2.75) is 25.8 Å². The quantitative estimate of drug-likeness (QED) is 0.815. The second-order valence-electron chi connectivity index (χ2n) is 4.72. The fourth-order valence-corrected chi connectivity index (χ4v) is 1.98. The number of para-hydroxylation sites is 1. The summed E-state index contributed by atoms with van der Waals surface area (Å²) >= 11 is 0. The van der Waals surface area contributed by atoms with Gasteiger partial charge in [0, 0.05) is 26.1 Å². The van der Waals surface area contributed by atoms with Gasteiger partial charge in [-0.05, 0) is 32.0 Å². The van der Waals surface area contributed by atoms with Crippen LogP contribution in [0.1, 0.15) is 18.9 Å². The van der Waals surface area contributed by atoms with Crippen LogP contribution in [0, 0.1) is 0 Å². The van der Waals surface area contributed by atoms with Crippen LogP contribution in [0.4, 0.5) is 0 Å². The lowest BCUT2D eigenvalue weighted by molar-refractivity contribution is -0.131. The third-order valence-electron chi connectivity index (χ3n) is 3.35. The van der Waals surface area contributed by atoms with Crippen molar-refractivity contribution in [1.29, 1.82) is 0 Å². The predicted octanol–water partition coefficient (Wildman–Crippen LogP) is 1.69. The van der Waals surface area contributed by atoms with Gasteiger partial charge in [-0.15, -0.1) is 0 Å². The molecule has 0 bridgehead atoms. The van der Waals surface area contributed by atoms with Crippen LogP contribution in [0.25, 0.3) is 0 Å². The van der Waals surface area contributed by atoms with E-state index in [1.165, 1.54) is 0 Å². The number of hydrogen-bond donors (Lipinski definition) is 1. The molecule has 1 unspecified atom stereocenters. The Kier molecular flexibility index (Phi) is 6.36. The van der Waals surface area contributed by atoms with Gasteiger partial charge in [0.2, 0.25) is 5.91 Å². The highest BCUT2D eigenvalue weighted by molar-refractivity contribution is 5.76. The fourth-order valence-electron chi connectivity index (χ4n) is 1.98. The first-order valence-electron chi connectivity index (χ1n) is 6.62. The molecule has 19 heavy (non-hydrogen) atoms. The topological polar surface area (TPSA) is 41.6 Å². The normalized spacial score (nSPS) is 12.0. The Bertz CT molecular complexity index is 407. The van der Waals surface area contributed by atoms with E-state index in [1.54, 1.807) is 7.11 Å². The molecule has 1 aromatic carbocycles. The van der Waals surface area contributed by atoms with Crippen molar-refractivity contribution < 1.29 is 9.53 Å². The Morgan fingerprint density at radius 2 is 2.11 bits per heavy atom. The smallest absolute Gasteiger partial charge is 0.223 e. The molecule has 1 N–H and O–H groups in total. The summed E-state index contributed by atoms with van der Waals surface area (Å²) in [5.41, 5.74) is 1.13. The minimum absolute atomic E-state index is 0.153. The number of carbonyl (C=O) groups is 1. The van der Waals surface area contributed by atoms with Gasteiger partial charge in [-0.3, -0.25) is 4.79 Å². The van der Waals surface area contributed by atoms with Crippen LogP contribution in [0.2, 0.25) is 0 Å². The van der Waals surface area contributed by atoms with E-state index >= 15 is 0 Å². The van der Waals surface area contributed by atoms with Crippen LogP contribution in [0.3, 0.4) is 0 Å². The Morgan fingerprint density at radius 1 is 1.42 bits per heavy atom. The lowest BCUT2D eigenvalue weighted by atomic mass is 10.0. The van der Waals surface area contributed by atoms with E-state index < -0.39 is 0 Å².